The summed E-state index contributed by atoms with van der Waals surface area (Å²) >= 11 is 0. The van der Waals surface area contributed by atoms with Crippen molar-refractivity contribution < 1.29 is 24.2 Å². The fourth-order valence-electron chi connectivity index (χ4n) is 3.35. The van der Waals surface area contributed by atoms with Crippen LogP contribution in [0.15, 0.2) is 65.9 Å². The Labute approximate surface area is 150 Å². The van der Waals surface area contributed by atoms with Crippen LogP contribution in [0.5, 0.6) is 0 Å². The van der Waals surface area contributed by atoms with E-state index in [4.69, 9.17) is 9.47 Å². The lowest BCUT2D eigenvalue weighted by atomic mass is 9.84. The maximum atomic E-state index is 12.5. The smallest absolute Gasteiger partial charge is 0.350 e. The van der Waals surface area contributed by atoms with Gasteiger partial charge in [-0.1, -0.05) is 48.5 Å². The summed E-state index contributed by atoms with van der Waals surface area (Å²) < 4.78 is 10.4. The Morgan fingerprint density at radius 3 is 2.12 bits per heavy atom. The van der Waals surface area contributed by atoms with Gasteiger partial charge in [0.25, 0.3) is 5.79 Å². The number of esters is 2. The standard InChI is InChI=1S/C20H17NO5/c1-19(2)25-17(22)15(18(23)26-19)16-20(24,12-8-4-3-5-9-12)13-10-6-7-11-14(13)21-16/h3-11,21,24H,1-2H3/t20-/m1/s1. The van der Waals surface area contributed by atoms with Crippen molar-refractivity contribution in [3.05, 3.63) is 77.0 Å². The molecule has 2 aromatic rings. The Kier molecular flexibility index (Phi) is 3.42. The predicted molar refractivity (Wildman–Crippen MR) is 92.8 cm³/mol. The molecule has 0 unspecified atom stereocenters. The quantitative estimate of drug-likeness (QED) is 0.466. The van der Waals surface area contributed by atoms with Gasteiger partial charge in [0.15, 0.2) is 11.2 Å². The molecule has 0 bridgehead atoms. The van der Waals surface area contributed by atoms with Crippen molar-refractivity contribution in [2.24, 2.45) is 0 Å². The van der Waals surface area contributed by atoms with Crippen molar-refractivity contribution in [3.8, 4) is 0 Å². The molecule has 26 heavy (non-hydrogen) atoms. The van der Waals surface area contributed by atoms with E-state index in [1.54, 1.807) is 48.5 Å². The molecule has 2 aliphatic heterocycles. The van der Waals surface area contributed by atoms with Crippen molar-refractivity contribution in [3.63, 3.8) is 0 Å². The number of cyclic esters (lactones) is 2. The van der Waals surface area contributed by atoms with Crippen LogP contribution < -0.4 is 5.32 Å². The van der Waals surface area contributed by atoms with Crippen molar-refractivity contribution >= 4 is 17.6 Å². The van der Waals surface area contributed by atoms with Crippen LogP contribution in [0.3, 0.4) is 0 Å². The fourth-order valence-corrected chi connectivity index (χ4v) is 3.35. The monoisotopic (exact) mass is 351 g/mol. The van der Waals surface area contributed by atoms with Crippen molar-refractivity contribution in [2.75, 3.05) is 5.32 Å². The van der Waals surface area contributed by atoms with Gasteiger partial charge in [-0.2, -0.15) is 0 Å². The van der Waals surface area contributed by atoms with E-state index in [-0.39, 0.29) is 11.3 Å². The van der Waals surface area contributed by atoms with Crippen LogP contribution in [0.2, 0.25) is 0 Å². The molecule has 0 amide bonds. The van der Waals surface area contributed by atoms with Crippen molar-refractivity contribution in [2.45, 2.75) is 25.2 Å². The molecular weight excluding hydrogens is 334 g/mol. The van der Waals surface area contributed by atoms with Gasteiger partial charge in [0, 0.05) is 25.1 Å². The first-order valence-corrected chi connectivity index (χ1v) is 8.19. The van der Waals surface area contributed by atoms with Gasteiger partial charge in [-0.05, 0) is 11.6 Å². The Morgan fingerprint density at radius 1 is 0.885 bits per heavy atom. The van der Waals surface area contributed by atoms with Gasteiger partial charge >= 0.3 is 11.9 Å². The van der Waals surface area contributed by atoms with E-state index in [9.17, 15) is 14.7 Å². The topological polar surface area (TPSA) is 84.9 Å². The number of nitrogens with one attached hydrogen (secondary N) is 1. The SMILES string of the molecule is CC1(C)OC(=O)C(=C2Nc3ccccc3[C@]2(O)c2ccccc2)C(=O)O1. The highest BCUT2D eigenvalue weighted by atomic mass is 16.7. The van der Waals surface area contributed by atoms with Gasteiger partial charge in [-0.15, -0.1) is 0 Å². The highest BCUT2D eigenvalue weighted by Crippen LogP contribution is 2.48. The van der Waals surface area contributed by atoms with Gasteiger partial charge in [0.05, 0.1) is 5.70 Å². The predicted octanol–water partition coefficient (Wildman–Crippen LogP) is 2.44. The Balaban J connectivity index is 1.97. The van der Waals surface area contributed by atoms with E-state index in [0.29, 0.717) is 16.8 Å². The lowest BCUT2D eigenvalue weighted by Crippen LogP contribution is -2.44. The summed E-state index contributed by atoms with van der Waals surface area (Å²) in [5, 5.41) is 14.7. The number of carbonyl (C=O) groups excluding carboxylic acids is 2. The highest BCUT2D eigenvalue weighted by molar-refractivity contribution is 6.17. The second kappa shape index (κ2) is 5.44. The fraction of sp³-hybridized carbons (Fsp3) is 0.200. The normalized spacial score (nSPS) is 23.8. The molecule has 0 saturated carbocycles. The third-order valence-corrected chi connectivity index (χ3v) is 4.47. The molecular formula is C20H17NO5. The summed E-state index contributed by atoms with van der Waals surface area (Å²) in [5.41, 5.74) is -0.342. The first kappa shape index (κ1) is 16.4. The maximum Gasteiger partial charge on any atom is 0.350 e. The van der Waals surface area contributed by atoms with Crippen LogP contribution >= 0.6 is 0 Å². The molecule has 0 radical (unpaired) electrons. The summed E-state index contributed by atoms with van der Waals surface area (Å²) in [4.78, 5) is 25.1. The summed E-state index contributed by atoms with van der Waals surface area (Å²) in [6.07, 6.45) is 0. The third kappa shape index (κ3) is 2.30. The molecule has 0 spiro atoms. The number of rotatable bonds is 1. The molecule has 6 nitrogen and oxygen atoms in total. The lowest BCUT2D eigenvalue weighted by molar-refractivity contribution is -0.222. The van der Waals surface area contributed by atoms with Crippen LogP contribution in [0, 0.1) is 0 Å². The van der Waals surface area contributed by atoms with Gasteiger partial charge in [0.2, 0.25) is 0 Å². The van der Waals surface area contributed by atoms with E-state index in [1.165, 1.54) is 13.8 Å². The summed E-state index contributed by atoms with van der Waals surface area (Å²) in [5.74, 6) is -3.03. The van der Waals surface area contributed by atoms with E-state index in [1.807, 2.05) is 6.07 Å². The van der Waals surface area contributed by atoms with Crippen LogP contribution in [-0.4, -0.2) is 22.8 Å². The first-order valence-electron chi connectivity index (χ1n) is 8.19. The molecule has 6 heteroatoms. The van der Waals surface area contributed by atoms with E-state index in [2.05, 4.69) is 5.32 Å². The number of ether oxygens (including phenoxy) is 2. The largest absolute Gasteiger partial charge is 0.419 e. The first-order chi connectivity index (χ1) is 12.3. The minimum absolute atomic E-state index is 0.0374. The summed E-state index contributed by atoms with van der Waals surface area (Å²) in [6.45, 7) is 2.95. The number of fused-ring (bicyclic) bond motifs is 1. The summed E-state index contributed by atoms with van der Waals surface area (Å²) in [6, 6.07) is 15.9. The van der Waals surface area contributed by atoms with Gasteiger partial charge in [-0.25, -0.2) is 9.59 Å². The highest BCUT2D eigenvalue weighted by Gasteiger charge is 2.50. The zero-order valence-corrected chi connectivity index (χ0v) is 14.3. The van der Waals surface area contributed by atoms with E-state index >= 15 is 0 Å². The number of hydrogen-bond acceptors (Lipinski definition) is 6. The number of hydrogen-bond donors (Lipinski definition) is 2. The van der Waals surface area contributed by atoms with Crippen LogP contribution in [0.4, 0.5) is 5.69 Å². The van der Waals surface area contributed by atoms with E-state index < -0.39 is 23.3 Å². The third-order valence-electron chi connectivity index (χ3n) is 4.47. The molecule has 1 fully saturated rings. The van der Waals surface area contributed by atoms with Crippen LogP contribution in [-0.2, 0) is 24.7 Å². The second-order valence-corrected chi connectivity index (χ2v) is 6.68. The molecule has 0 aliphatic carbocycles. The van der Waals surface area contributed by atoms with Crippen molar-refractivity contribution in [1.82, 2.24) is 0 Å². The molecule has 132 valence electrons. The second-order valence-electron chi connectivity index (χ2n) is 6.68. The zero-order chi connectivity index (χ0) is 18.5. The van der Waals surface area contributed by atoms with Crippen LogP contribution in [0.25, 0.3) is 0 Å². The molecule has 1 saturated heterocycles. The molecule has 4 rings (SSSR count). The Bertz CT molecular complexity index is 926. The number of anilines is 1. The minimum Gasteiger partial charge on any atom is -0.419 e. The van der Waals surface area contributed by atoms with Gasteiger partial charge in [-0.3, -0.25) is 0 Å². The number of carbonyl (C=O) groups is 2. The number of para-hydroxylation sites is 1. The van der Waals surface area contributed by atoms with Crippen LogP contribution in [0.1, 0.15) is 25.0 Å². The minimum atomic E-state index is -1.70. The number of benzene rings is 2. The molecule has 1 atom stereocenters. The molecule has 2 N–H and O–H groups in total. The van der Waals surface area contributed by atoms with Crippen molar-refractivity contribution in [1.29, 1.82) is 0 Å². The zero-order valence-electron chi connectivity index (χ0n) is 14.3. The molecule has 0 aromatic heterocycles. The average molecular weight is 351 g/mol. The number of aliphatic hydroxyl groups is 1. The van der Waals surface area contributed by atoms with Gasteiger partial charge < -0.3 is 19.9 Å². The lowest BCUT2D eigenvalue weighted by Gasteiger charge is -2.33. The van der Waals surface area contributed by atoms with E-state index in [0.717, 1.165) is 0 Å². The molecule has 2 aromatic carbocycles. The maximum absolute atomic E-state index is 12.5. The summed E-state index contributed by atoms with van der Waals surface area (Å²) in [7, 11) is 0. The average Bonchev–Trinajstić information content (AvgIpc) is 2.88. The Hall–Kier alpha value is -3.12. The molecule has 2 aliphatic rings. The Morgan fingerprint density at radius 2 is 1.46 bits per heavy atom. The molecule has 2 heterocycles. The van der Waals surface area contributed by atoms with Gasteiger partial charge in [0.1, 0.15) is 0 Å².